The van der Waals surface area contributed by atoms with Gasteiger partial charge in [-0.2, -0.15) is 0 Å². The number of hydrogen-bond acceptors (Lipinski definition) is 3. The lowest BCUT2D eigenvalue weighted by Crippen LogP contribution is -2.32. The molecule has 1 fully saturated rings. The molecule has 0 bridgehead atoms. The molecule has 0 radical (unpaired) electrons. The molecule has 1 saturated heterocycles. The van der Waals surface area contributed by atoms with Gasteiger partial charge in [0.1, 0.15) is 0 Å². The van der Waals surface area contributed by atoms with E-state index in [0.717, 1.165) is 23.2 Å². The molecule has 1 N–H and O–H groups in total. The van der Waals surface area contributed by atoms with Crippen LogP contribution in [-0.4, -0.2) is 34.5 Å². The third kappa shape index (κ3) is 3.22. The topological polar surface area (TPSA) is 49.0 Å². The molecule has 2 aromatic carbocycles. The van der Waals surface area contributed by atoms with Crippen LogP contribution in [0.5, 0.6) is 0 Å². The zero-order valence-electron chi connectivity index (χ0n) is 14.5. The molecule has 0 spiro atoms. The van der Waals surface area contributed by atoms with E-state index in [-0.39, 0.29) is 5.56 Å². The van der Waals surface area contributed by atoms with Gasteiger partial charge in [-0.25, -0.2) is 4.98 Å². The maximum Gasteiger partial charge on any atom is 0.258 e. The molecule has 1 aliphatic heterocycles. The minimum Gasteiger partial charge on any atom is -0.313 e. The van der Waals surface area contributed by atoms with Crippen LogP contribution in [0.2, 0.25) is 0 Å². The molecule has 1 aromatic heterocycles. The SMILES string of the molecule is CCN1CCC(c2ccc(-c3ccc4nc[nH]c(=O)c4c3)cc2)CC1. The second kappa shape index (κ2) is 6.81. The standard InChI is InChI=1S/C21H23N3O/c1-2-24-11-9-17(10-12-24)15-3-5-16(6-4-15)18-7-8-20-19(13-18)21(25)23-14-22-20/h3-8,13-14,17H,2,9-12H2,1H3,(H,22,23,25). The first-order valence-corrected chi connectivity index (χ1v) is 9.04. The summed E-state index contributed by atoms with van der Waals surface area (Å²) in [5.74, 6) is 0.667. The predicted octanol–water partition coefficient (Wildman–Crippen LogP) is 3.79. The number of rotatable bonds is 3. The van der Waals surface area contributed by atoms with Crippen molar-refractivity contribution in [3.63, 3.8) is 0 Å². The lowest BCUT2D eigenvalue weighted by atomic mass is 9.88. The van der Waals surface area contributed by atoms with Crippen molar-refractivity contribution in [1.82, 2.24) is 14.9 Å². The average Bonchev–Trinajstić information content (AvgIpc) is 2.68. The Kier molecular flexibility index (Phi) is 4.36. The summed E-state index contributed by atoms with van der Waals surface area (Å²) >= 11 is 0. The monoisotopic (exact) mass is 333 g/mol. The van der Waals surface area contributed by atoms with Crippen molar-refractivity contribution in [1.29, 1.82) is 0 Å². The third-order valence-electron chi connectivity index (χ3n) is 5.39. The lowest BCUT2D eigenvalue weighted by molar-refractivity contribution is 0.222. The highest BCUT2D eigenvalue weighted by Crippen LogP contribution is 2.30. The first-order valence-electron chi connectivity index (χ1n) is 9.04. The zero-order valence-corrected chi connectivity index (χ0v) is 14.5. The summed E-state index contributed by atoms with van der Waals surface area (Å²) in [7, 11) is 0. The van der Waals surface area contributed by atoms with Crippen molar-refractivity contribution < 1.29 is 0 Å². The number of aromatic amines is 1. The Morgan fingerprint density at radius 2 is 1.80 bits per heavy atom. The van der Waals surface area contributed by atoms with Crippen LogP contribution in [0, 0.1) is 0 Å². The van der Waals surface area contributed by atoms with Gasteiger partial charge in [-0.05, 0) is 67.2 Å². The van der Waals surface area contributed by atoms with Gasteiger partial charge >= 0.3 is 0 Å². The Morgan fingerprint density at radius 3 is 2.52 bits per heavy atom. The first-order chi connectivity index (χ1) is 12.2. The number of piperidine rings is 1. The number of likely N-dealkylation sites (tertiary alicyclic amines) is 1. The van der Waals surface area contributed by atoms with Crippen molar-refractivity contribution >= 4 is 10.9 Å². The van der Waals surface area contributed by atoms with Gasteiger partial charge in [0.15, 0.2) is 0 Å². The highest BCUT2D eigenvalue weighted by molar-refractivity contribution is 5.83. The van der Waals surface area contributed by atoms with Gasteiger partial charge in [0.2, 0.25) is 0 Å². The Bertz CT molecular complexity index is 922. The highest BCUT2D eigenvalue weighted by Gasteiger charge is 2.19. The number of nitrogens with one attached hydrogen (secondary N) is 1. The van der Waals surface area contributed by atoms with Gasteiger partial charge in [-0.3, -0.25) is 4.79 Å². The van der Waals surface area contributed by atoms with Gasteiger partial charge < -0.3 is 9.88 Å². The normalized spacial score (nSPS) is 16.4. The second-order valence-corrected chi connectivity index (χ2v) is 6.79. The largest absolute Gasteiger partial charge is 0.313 e. The molecule has 4 heteroatoms. The zero-order chi connectivity index (χ0) is 17.2. The summed E-state index contributed by atoms with van der Waals surface area (Å²) < 4.78 is 0. The molecule has 3 aromatic rings. The van der Waals surface area contributed by atoms with E-state index >= 15 is 0 Å². The molecule has 1 aliphatic rings. The summed E-state index contributed by atoms with van der Waals surface area (Å²) in [6.45, 7) is 5.79. The third-order valence-corrected chi connectivity index (χ3v) is 5.39. The molecule has 0 aliphatic carbocycles. The fourth-order valence-electron chi connectivity index (χ4n) is 3.78. The highest BCUT2D eigenvalue weighted by atomic mass is 16.1. The Labute approximate surface area is 147 Å². The maximum absolute atomic E-state index is 12.0. The minimum absolute atomic E-state index is 0.0915. The summed E-state index contributed by atoms with van der Waals surface area (Å²) in [5.41, 5.74) is 4.26. The average molecular weight is 333 g/mol. The molecule has 4 rings (SSSR count). The van der Waals surface area contributed by atoms with E-state index in [2.05, 4.69) is 46.1 Å². The van der Waals surface area contributed by atoms with Gasteiger partial charge in [-0.15, -0.1) is 0 Å². The molecule has 0 atom stereocenters. The molecule has 128 valence electrons. The number of aromatic nitrogens is 2. The minimum atomic E-state index is -0.0915. The summed E-state index contributed by atoms with van der Waals surface area (Å²) in [4.78, 5) is 21.3. The molecule has 25 heavy (non-hydrogen) atoms. The fraction of sp³-hybridized carbons (Fsp3) is 0.333. The molecule has 0 unspecified atom stereocenters. The Balaban J connectivity index is 1.58. The van der Waals surface area contributed by atoms with Crippen molar-refractivity contribution in [2.24, 2.45) is 0 Å². The van der Waals surface area contributed by atoms with Crippen molar-refractivity contribution in [3.8, 4) is 11.1 Å². The summed E-state index contributed by atoms with van der Waals surface area (Å²) in [6, 6.07) is 14.7. The predicted molar refractivity (Wildman–Crippen MR) is 102 cm³/mol. The van der Waals surface area contributed by atoms with Crippen LogP contribution in [0.15, 0.2) is 53.6 Å². The van der Waals surface area contributed by atoms with Gasteiger partial charge in [0.05, 0.1) is 17.2 Å². The van der Waals surface area contributed by atoms with Crippen LogP contribution in [0.3, 0.4) is 0 Å². The number of nitrogens with zero attached hydrogens (tertiary/aromatic N) is 2. The van der Waals surface area contributed by atoms with E-state index in [1.54, 1.807) is 0 Å². The van der Waals surface area contributed by atoms with Crippen molar-refractivity contribution in [2.45, 2.75) is 25.7 Å². The quantitative estimate of drug-likeness (QED) is 0.793. The van der Waals surface area contributed by atoms with Crippen LogP contribution in [0.25, 0.3) is 22.0 Å². The molecule has 0 saturated carbocycles. The fourth-order valence-corrected chi connectivity index (χ4v) is 3.78. The van der Waals surface area contributed by atoms with Crippen molar-refractivity contribution in [3.05, 3.63) is 64.7 Å². The molecular weight excluding hydrogens is 310 g/mol. The molecule has 2 heterocycles. The Morgan fingerprint density at radius 1 is 1.08 bits per heavy atom. The first kappa shape index (κ1) is 16.0. The number of benzene rings is 2. The summed E-state index contributed by atoms with van der Waals surface area (Å²) in [6.07, 6.45) is 3.93. The second-order valence-electron chi connectivity index (χ2n) is 6.79. The molecular formula is C21H23N3O. The van der Waals surface area contributed by atoms with E-state index in [1.807, 2.05) is 18.2 Å². The smallest absolute Gasteiger partial charge is 0.258 e. The van der Waals surface area contributed by atoms with Crippen molar-refractivity contribution in [2.75, 3.05) is 19.6 Å². The number of hydrogen-bond donors (Lipinski definition) is 1. The van der Waals surface area contributed by atoms with Gasteiger partial charge in [-0.1, -0.05) is 37.3 Å². The summed E-state index contributed by atoms with van der Waals surface area (Å²) in [5, 5.41) is 0.635. The van der Waals surface area contributed by atoms with E-state index in [0.29, 0.717) is 11.3 Å². The molecule has 0 amide bonds. The van der Waals surface area contributed by atoms with E-state index in [1.165, 1.54) is 37.8 Å². The number of H-pyrrole nitrogens is 1. The van der Waals surface area contributed by atoms with Gasteiger partial charge in [0, 0.05) is 0 Å². The lowest BCUT2D eigenvalue weighted by Gasteiger charge is -2.31. The molecule has 4 nitrogen and oxygen atoms in total. The van der Waals surface area contributed by atoms with Crippen LogP contribution in [0.4, 0.5) is 0 Å². The van der Waals surface area contributed by atoms with E-state index in [4.69, 9.17) is 0 Å². The number of fused-ring (bicyclic) bond motifs is 1. The van der Waals surface area contributed by atoms with E-state index in [9.17, 15) is 4.79 Å². The van der Waals surface area contributed by atoms with E-state index < -0.39 is 0 Å². The van der Waals surface area contributed by atoms with Crippen LogP contribution in [-0.2, 0) is 0 Å². The van der Waals surface area contributed by atoms with Crippen LogP contribution in [0.1, 0.15) is 31.2 Å². The van der Waals surface area contributed by atoms with Gasteiger partial charge in [0.25, 0.3) is 5.56 Å². The van der Waals surface area contributed by atoms with Crippen LogP contribution >= 0.6 is 0 Å². The maximum atomic E-state index is 12.0. The Hall–Kier alpha value is -2.46. The van der Waals surface area contributed by atoms with Crippen LogP contribution < -0.4 is 5.56 Å².